The van der Waals surface area contributed by atoms with Gasteiger partial charge in [0.25, 0.3) is 0 Å². The topological polar surface area (TPSA) is 50.7 Å². The molecule has 0 aromatic heterocycles. The summed E-state index contributed by atoms with van der Waals surface area (Å²) in [6, 6.07) is 5.39. The van der Waals surface area contributed by atoms with Crippen molar-refractivity contribution in [2.75, 3.05) is 5.32 Å². The number of hydrogen-bond donors (Lipinski definition) is 1. The average Bonchev–Trinajstić information content (AvgIpc) is 2.15. The van der Waals surface area contributed by atoms with Crippen molar-refractivity contribution in [3.05, 3.63) is 30.1 Å². The molecule has 1 rings (SSSR count). The van der Waals surface area contributed by atoms with Crippen molar-refractivity contribution in [2.24, 2.45) is 5.16 Å². The highest BCUT2D eigenvalue weighted by molar-refractivity contribution is 6.64. The van der Waals surface area contributed by atoms with Crippen molar-refractivity contribution in [3.8, 4) is 0 Å². The quantitative estimate of drug-likeness (QED) is 0.482. The van der Waals surface area contributed by atoms with Gasteiger partial charge >= 0.3 is 6.09 Å². The van der Waals surface area contributed by atoms with E-state index in [1.165, 1.54) is 25.1 Å². The Bertz CT molecular complexity index is 391. The molecule has 0 saturated heterocycles. The molecule has 0 aliphatic rings. The minimum atomic E-state index is -0.833. The highest BCUT2D eigenvalue weighted by Crippen LogP contribution is 2.09. The Balaban J connectivity index is 2.55. The number of amides is 1. The van der Waals surface area contributed by atoms with Crippen molar-refractivity contribution >= 4 is 28.6 Å². The zero-order valence-corrected chi connectivity index (χ0v) is 8.58. The molecular formula is C9H8ClFN2O2. The summed E-state index contributed by atoms with van der Waals surface area (Å²) in [5.41, 5.74) is 0.280. The molecule has 1 aromatic rings. The lowest BCUT2D eigenvalue weighted by Gasteiger charge is -2.01. The second-order valence-corrected chi connectivity index (χ2v) is 3.15. The minimum Gasteiger partial charge on any atom is -0.297 e. The molecule has 1 amide bonds. The van der Waals surface area contributed by atoms with Crippen LogP contribution >= 0.6 is 11.6 Å². The van der Waals surface area contributed by atoms with Gasteiger partial charge in [-0.15, -0.1) is 0 Å². The third-order valence-corrected chi connectivity index (χ3v) is 1.39. The summed E-state index contributed by atoms with van der Waals surface area (Å²) >= 11 is 5.34. The van der Waals surface area contributed by atoms with Crippen LogP contribution in [0.3, 0.4) is 0 Å². The van der Waals surface area contributed by atoms with Gasteiger partial charge in [0.2, 0.25) is 0 Å². The van der Waals surface area contributed by atoms with Gasteiger partial charge < -0.3 is 0 Å². The maximum absolute atomic E-state index is 12.7. The van der Waals surface area contributed by atoms with Gasteiger partial charge in [-0.25, -0.2) is 9.18 Å². The van der Waals surface area contributed by atoms with E-state index in [4.69, 9.17) is 11.6 Å². The van der Waals surface area contributed by atoms with Crippen LogP contribution in [-0.4, -0.2) is 11.3 Å². The summed E-state index contributed by atoms with van der Waals surface area (Å²) in [5, 5.41) is 5.58. The van der Waals surface area contributed by atoms with Crippen LogP contribution in [-0.2, 0) is 4.84 Å². The summed E-state index contributed by atoms with van der Waals surface area (Å²) in [6.07, 6.45) is -0.833. The number of benzene rings is 1. The Morgan fingerprint density at radius 3 is 2.93 bits per heavy atom. The van der Waals surface area contributed by atoms with E-state index < -0.39 is 11.9 Å². The zero-order valence-electron chi connectivity index (χ0n) is 7.83. The van der Waals surface area contributed by atoms with Gasteiger partial charge in [0.15, 0.2) is 0 Å². The summed E-state index contributed by atoms with van der Waals surface area (Å²) in [4.78, 5) is 15.3. The normalized spacial score (nSPS) is 11.0. The Morgan fingerprint density at radius 2 is 2.33 bits per heavy atom. The first-order valence-corrected chi connectivity index (χ1v) is 4.39. The van der Waals surface area contributed by atoms with Crippen LogP contribution in [0.25, 0.3) is 0 Å². The monoisotopic (exact) mass is 230 g/mol. The molecule has 6 heteroatoms. The predicted molar refractivity (Wildman–Crippen MR) is 55.5 cm³/mol. The molecule has 0 fully saturated rings. The van der Waals surface area contributed by atoms with Crippen molar-refractivity contribution in [1.29, 1.82) is 0 Å². The number of halogens is 2. The SMILES string of the molecule is C/C(Cl)=N\OC(=O)Nc1cccc(F)c1. The summed E-state index contributed by atoms with van der Waals surface area (Å²) in [6.45, 7) is 1.46. The summed E-state index contributed by atoms with van der Waals surface area (Å²) in [5.74, 6) is -0.454. The number of carbonyl (C=O) groups excluding carboxylic acids is 1. The summed E-state index contributed by atoms with van der Waals surface area (Å²) in [7, 11) is 0. The fourth-order valence-electron chi connectivity index (χ4n) is 0.811. The molecule has 4 nitrogen and oxygen atoms in total. The lowest BCUT2D eigenvalue weighted by molar-refractivity contribution is 0.167. The van der Waals surface area contributed by atoms with Crippen molar-refractivity contribution in [2.45, 2.75) is 6.92 Å². The van der Waals surface area contributed by atoms with Gasteiger partial charge in [-0.2, -0.15) is 0 Å². The number of anilines is 1. The van der Waals surface area contributed by atoms with E-state index in [1.54, 1.807) is 0 Å². The predicted octanol–water partition coefficient (Wildman–Crippen LogP) is 2.95. The molecule has 15 heavy (non-hydrogen) atoms. The molecule has 1 aromatic carbocycles. The van der Waals surface area contributed by atoms with Crippen LogP contribution < -0.4 is 5.32 Å². The zero-order chi connectivity index (χ0) is 11.3. The van der Waals surface area contributed by atoms with E-state index in [0.717, 1.165) is 6.07 Å². The molecule has 0 aliphatic carbocycles. The highest BCUT2D eigenvalue weighted by atomic mass is 35.5. The molecule has 1 N–H and O–H groups in total. The average molecular weight is 231 g/mol. The molecule has 0 aliphatic heterocycles. The first kappa shape index (κ1) is 11.5. The maximum Gasteiger partial charge on any atom is 0.437 e. The van der Waals surface area contributed by atoms with Gasteiger partial charge in [0.05, 0.1) is 0 Å². The standard InChI is InChI=1S/C9H8ClFN2O2/c1-6(10)13-15-9(14)12-8-4-2-3-7(11)5-8/h2-5H,1H3,(H,12,14)/b13-6+. The fourth-order valence-corrected chi connectivity index (χ4v) is 0.846. The van der Waals surface area contributed by atoms with E-state index in [1.807, 2.05) is 0 Å². The van der Waals surface area contributed by atoms with E-state index in [2.05, 4.69) is 15.3 Å². The van der Waals surface area contributed by atoms with Gasteiger partial charge in [0, 0.05) is 5.69 Å². The molecule has 80 valence electrons. The van der Waals surface area contributed by atoms with Crippen LogP contribution in [0.4, 0.5) is 14.9 Å². The lowest BCUT2D eigenvalue weighted by atomic mass is 10.3. The second kappa shape index (κ2) is 5.31. The molecule has 0 saturated carbocycles. The second-order valence-electron chi connectivity index (χ2n) is 2.60. The third-order valence-electron chi connectivity index (χ3n) is 1.33. The summed E-state index contributed by atoms with van der Waals surface area (Å²) < 4.78 is 12.7. The Kier molecular flexibility index (Phi) is 4.05. The molecule has 0 radical (unpaired) electrons. The maximum atomic E-state index is 12.7. The number of nitrogens with one attached hydrogen (secondary N) is 1. The van der Waals surface area contributed by atoms with Crippen molar-refractivity contribution < 1.29 is 14.0 Å². The number of hydrogen-bond acceptors (Lipinski definition) is 3. The van der Waals surface area contributed by atoms with Crippen LogP contribution in [0.1, 0.15) is 6.92 Å². The van der Waals surface area contributed by atoms with Crippen LogP contribution in [0.5, 0.6) is 0 Å². The largest absolute Gasteiger partial charge is 0.437 e. The number of nitrogens with zero attached hydrogens (tertiary/aromatic N) is 1. The molecule has 0 bridgehead atoms. The van der Waals surface area contributed by atoms with E-state index in [-0.39, 0.29) is 10.9 Å². The number of carbonyl (C=O) groups is 1. The van der Waals surface area contributed by atoms with Crippen molar-refractivity contribution in [1.82, 2.24) is 0 Å². The molecule has 0 heterocycles. The number of oxime groups is 1. The number of rotatable bonds is 2. The molecule has 0 unspecified atom stereocenters. The molecule has 0 atom stereocenters. The van der Waals surface area contributed by atoms with Crippen molar-refractivity contribution in [3.63, 3.8) is 0 Å². The lowest BCUT2D eigenvalue weighted by Crippen LogP contribution is -2.11. The third kappa shape index (κ3) is 4.42. The van der Waals surface area contributed by atoms with Gasteiger partial charge in [-0.3, -0.25) is 10.2 Å². The molecular weight excluding hydrogens is 223 g/mol. The Hall–Kier alpha value is -1.62. The van der Waals surface area contributed by atoms with E-state index in [9.17, 15) is 9.18 Å². The van der Waals surface area contributed by atoms with Gasteiger partial charge in [-0.05, 0) is 25.1 Å². The van der Waals surface area contributed by atoms with Crippen LogP contribution in [0, 0.1) is 5.82 Å². The van der Waals surface area contributed by atoms with E-state index in [0.29, 0.717) is 0 Å². The molecule has 0 spiro atoms. The Morgan fingerprint density at radius 1 is 1.60 bits per heavy atom. The first-order valence-electron chi connectivity index (χ1n) is 4.01. The first-order chi connectivity index (χ1) is 7.08. The highest BCUT2D eigenvalue weighted by Gasteiger charge is 2.03. The fraction of sp³-hybridized carbons (Fsp3) is 0.111. The van der Waals surface area contributed by atoms with Gasteiger partial charge in [-0.1, -0.05) is 22.8 Å². The van der Waals surface area contributed by atoms with Crippen LogP contribution in [0.2, 0.25) is 0 Å². The Labute approximate surface area is 90.7 Å². The smallest absolute Gasteiger partial charge is 0.297 e. The van der Waals surface area contributed by atoms with Gasteiger partial charge in [0.1, 0.15) is 11.0 Å². The van der Waals surface area contributed by atoms with Crippen LogP contribution in [0.15, 0.2) is 29.4 Å². The van der Waals surface area contributed by atoms with E-state index >= 15 is 0 Å². The minimum absolute atomic E-state index is 0.0874.